The standard InChI is InChI=1S/C15H18F3N3O/c1-5-13(8-7-12(4)15(16,17)18)21(19)14(20-6-2)9-11(3)10-22/h5-10H,1,3,19H2,2,4H3/b12-7+,13-8+,14-9+,20-6?. The summed E-state index contributed by atoms with van der Waals surface area (Å²) in [6.45, 7) is 9.51. The normalized spacial score (nSPS) is 14.2. The van der Waals surface area contributed by atoms with Crippen molar-refractivity contribution < 1.29 is 18.0 Å². The number of rotatable bonds is 7. The van der Waals surface area contributed by atoms with E-state index in [1.165, 1.54) is 18.4 Å². The van der Waals surface area contributed by atoms with Crippen LogP contribution in [0.2, 0.25) is 0 Å². The molecule has 0 radical (unpaired) electrons. The SMILES string of the molecule is C=C/C(=C\C=C(/C)C(F)(F)F)N(N)/C(=C/C(=C)C=O)N=CC. The maximum Gasteiger partial charge on any atom is 0.412 e. The summed E-state index contributed by atoms with van der Waals surface area (Å²) in [5.41, 5.74) is -0.511. The van der Waals surface area contributed by atoms with E-state index in [1.807, 2.05) is 0 Å². The number of carbonyl (C=O) groups is 1. The summed E-state index contributed by atoms with van der Waals surface area (Å²) in [6.07, 6.45) is 2.09. The second-order valence-electron chi connectivity index (χ2n) is 4.10. The quantitative estimate of drug-likeness (QED) is 0.196. The van der Waals surface area contributed by atoms with E-state index in [9.17, 15) is 18.0 Å². The predicted octanol–water partition coefficient (Wildman–Crippen LogP) is 3.43. The van der Waals surface area contributed by atoms with Gasteiger partial charge in [-0.1, -0.05) is 19.2 Å². The van der Waals surface area contributed by atoms with Crippen LogP contribution in [0.1, 0.15) is 13.8 Å². The lowest BCUT2D eigenvalue weighted by Crippen LogP contribution is -2.28. The Bertz CT molecular complexity index is 555. The molecule has 0 spiro atoms. The van der Waals surface area contributed by atoms with Crippen molar-refractivity contribution in [1.29, 1.82) is 0 Å². The third-order valence-corrected chi connectivity index (χ3v) is 2.41. The molecule has 22 heavy (non-hydrogen) atoms. The maximum absolute atomic E-state index is 12.4. The van der Waals surface area contributed by atoms with Crippen LogP contribution in [0.4, 0.5) is 13.2 Å². The molecular weight excluding hydrogens is 295 g/mol. The first-order valence-corrected chi connectivity index (χ1v) is 6.14. The van der Waals surface area contributed by atoms with E-state index in [1.54, 1.807) is 6.92 Å². The van der Waals surface area contributed by atoms with Crippen molar-refractivity contribution in [3.63, 3.8) is 0 Å². The number of allylic oxidation sites excluding steroid dienone is 6. The molecule has 0 fully saturated rings. The number of halogens is 3. The number of hydrogen-bond donors (Lipinski definition) is 1. The molecule has 120 valence electrons. The van der Waals surface area contributed by atoms with Gasteiger partial charge in [0.25, 0.3) is 0 Å². The first-order valence-electron chi connectivity index (χ1n) is 6.14. The second-order valence-corrected chi connectivity index (χ2v) is 4.10. The molecule has 0 aromatic heterocycles. The molecule has 7 heteroatoms. The van der Waals surface area contributed by atoms with Crippen LogP contribution in [0.15, 0.2) is 65.1 Å². The monoisotopic (exact) mass is 313 g/mol. The van der Waals surface area contributed by atoms with E-state index in [2.05, 4.69) is 18.2 Å². The van der Waals surface area contributed by atoms with Gasteiger partial charge in [0, 0.05) is 17.4 Å². The van der Waals surface area contributed by atoms with Crippen LogP contribution in [0.5, 0.6) is 0 Å². The Kier molecular flexibility index (Phi) is 7.82. The minimum absolute atomic E-state index is 0.112. The molecule has 0 rings (SSSR count). The van der Waals surface area contributed by atoms with Gasteiger partial charge in [-0.3, -0.25) is 9.80 Å². The number of nitrogens with two attached hydrogens (primary N) is 1. The van der Waals surface area contributed by atoms with Gasteiger partial charge < -0.3 is 0 Å². The average Bonchev–Trinajstić information content (AvgIpc) is 2.45. The molecule has 0 aliphatic carbocycles. The summed E-state index contributed by atoms with van der Waals surface area (Å²) in [6, 6.07) is 0. The van der Waals surface area contributed by atoms with Gasteiger partial charge in [0.1, 0.15) is 12.1 Å². The highest BCUT2D eigenvalue weighted by Gasteiger charge is 2.29. The zero-order chi connectivity index (χ0) is 17.3. The molecule has 0 atom stereocenters. The summed E-state index contributed by atoms with van der Waals surface area (Å²) < 4.78 is 37.3. The lowest BCUT2D eigenvalue weighted by molar-refractivity contribution is -0.104. The lowest BCUT2D eigenvalue weighted by atomic mass is 10.2. The third kappa shape index (κ3) is 6.36. The Morgan fingerprint density at radius 1 is 1.32 bits per heavy atom. The molecule has 0 amide bonds. The first-order chi connectivity index (χ1) is 10.2. The van der Waals surface area contributed by atoms with Gasteiger partial charge in [-0.2, -0.15) is 13.2 Å². The third-order valence-electron chi connectivity index (χ3n) is 2.41. The van der Waals surface area contributed by atoms with E-state index >= 15 is 0 Å². The van der Waals surface area contributed by atoms with Crippen molar-refractivity contribution in [3.8, 4) is 0 Å². The highest BCUT2D eigenvalue weighted by atomic mass is 19.4. The molecule has 0 aliphatic heterocycles. The summed E-state index contributed by atoms with van der Waals surface area (Å²) in [7, 11) is 0. The van der Waals surface area contributed by atoms with E-state index in [0.717, 1.165) is 24.1 Å². The van der Waals surface area contributed by atoms with Crippen molar-refractivity contribution in [2.24, 2.45) is 10.8 Å². The Labute approximate surface area is 127 Å². The second kappa shape index (κ2) is 8.78. The highest BCUT2D eigenvalue weighted by molar-refractivity contribution is 5.76. The summed E-state index contributed by atoms with van der Waals surface area (Å²) in [5.74, 6) is 5.93. The number of aliphatic imine (C=N–C) groups is 1. The Morgan fingerprint density at radius 2 is 1.91 bits per heavy atom. The molecule has 4 nitrogen and oxygen atoms in total. The van der Waals surface area contributed by atoms with E-state index in [-0.39, 0.29) is 17.1 Å². The predicted molar refractivity (Wildman–Crippen MR) is 81.6 cm³/mol. The maximum atomic E-state index is 12.4. The molecule has 0 bridgehead atoms. The van der Waals surface area contributed by atoms with Crippen LogP contribution in [0.3, 0.4) is 0 Å². The number of alkyl halides is 3. The van der Waals surface area contributed by atoms with Crippen LogP contribution in [0.25, 0.3) is 0 Å². The highest BCUT2D eigenvalue weighted by Crippen LogP contribution is 2.25. The average molecular weight is 313 g/mol. The molecule has 2 N–H and O–H groups in total. The van der Waals surface area contributed by atoms with Crippen molar-refractivity contribution in [1.82, 2.24) is 5.01 Å². The van der Waals surface area contributed by atoms with Gasteiger partial charge in [-0.25, -0.2) is 10.8 Å². The van der Waals surface area contributed by atoms with Crippen molar-refractivity contribution in [2.45, 2.75) is 20.0 Å². The number of nitrogens with zero attached hydrogens (tertiary/aromatic N) is 2. The minimum atomic E-state index is -4.42. The number of carbonyl (C=O) groups excluding carboxylic acids is 1. The van der Waals surface area contributed by atoms with Crippen molar-refractivity contribution in [2.75, 3.05) is 0 Å². The fourth-order valence-corrected chi connectivity index (χ4v) is 1.18. The number of hydrogen-bond acceptors (Lipinski definition) is 4. The van der Waals surface area contributed by atoms with E-state index in [4.69, 9.17) is 5.84 Å². The molecule has 0 unspecified atom stereocenters. The van der Waals surface area contributed by atoms with Gasteiger partial charge in [-0.15, -0.1) is 0 Å². The zero-order valence-corrected chi connectivity index (χ0v) is 12.4. The molecule has 0 aromatic rings. The largest absolute Gasteiger partial charge is 0.412 e. The number of aldehydes is 1. The molecule has 0 heterocycles. The van der Waals surface area contributed by atoms with Crippen molar-refractivity contribution in [3.05, 3.63) is 60.1 Å². The molecule has 0 aromatic carbocycles. The van der Waals surface area contributed by atoms with E-state index in [0.29, 0.717) is 6.29 Å². The van der Waals surface area contributed by atoms with Crippen LogP contribution < -0.4 is 5.84 Å². The Morgan fingerprint density at radius 3 is 2.32 bits per heavy atom. The Balaban J connectivity index is 5.63. The van der Waals surface area contributed by atoms with Crippen molar-refractivity contribution >= 4 is 12.5 Å². The molecule has 0 saturated heterocycles. The summed E-state index contributed by atoms with van der Waals surface area (Å²) in [4.78, 5) is 14.5. The topological polar surface area (TPSA) is 58.7 Å². The first kappa shape index (κ1) is 19.6. The Hall–Kier alpha value is -2.41. The zero-order valence-electron chi connectivity index (χ0n) is 12.4. The van der Waals surface area contributed by atoms with Gasteiger partial charge >= 0.3 is 6.18 Å². The molecule has 0 saturated carbocycles. The molecule has 0 aliphatic rings. The minimum Gasteiger partial charge on any atom is -0.298 e. The fraction of sp³-hybridized carbons (Fsp3) is 0.200. The van der Waals surface area contributed by atoms with Gasteiger partial charge in [-0.05, 0) is 32.1 Å². The van der Waals surface area contributed by atoms with Crippen LogP contribution in [-0.2, 0) is 4.79 Å². The van der Waals surface area contributed by atoms with Gasteiger partial charge in [0.2, 0.25) is 0 Å². The van der Waals surface area contributed by atoms with Gasteiger partial charge in [0.05, 0.1) is 5.70 Å². The van der Waals surface area contributed by atoms with Gasteiger partial charge in [0.15, 0.2) is 0 Å². The van der Waals surface area contributed by atoms with Crippen LogP contribution in [-0.4, -0.2) is 23.7 Å². The fourth-order valence-electron chi connectivity index (χ4n) is 1.18. The summed E-state index contributed by atoms with van der Waals surface area (Å²) in [5, 5.41) is 1.00. The summed E-state index contributed by atoms with van der Waals surface area (Å²) >= 11 is 0. The van der Waals surface area contributed by atoms with E-state index < -0.39 is 11.7 Å². The smallest absolute Gasteiger partial charge is 0.298 e. The van der Waals surface area contributed by atoms with Crippen LogP contribution >= 0.6 is 0 Å². The number of hydrazine groups is 1. The molecular formula is C15H18F3N3O. The lowest BCUT2D eigenvalue weighted by Gasteiger charge is -2.19. The van der Waals surface area contributed by atoms with Crippen LogP contribution in [0, 0.1) is 0 Å².